The van der Waals surface area contributed by atoms with Gasteiger partial charge in [-0.3, -0.25) is 4.57 Å². The third kappa shape index (κ3) is 4.24. The summed E-state index contributed by atoms with van der Waals surface area (Å²) in [5, 5.41) is 0. The van der Waals surface area contributed by atoms with Crippen molar-refractivity contribution in [3.05, 3.63) is 0 Å². The minimum Gasteiger partial charge on any atom is -0.305 e. The van der Waals surface area contributed by atoms with E-state index in [9.17, 15) is 8.76 Å². The summed E-state index contributed by atoms with van der Waals surface area (Å²) < 4.78 is 29.0. The van der Waals surface area contributed by atoms with Gasteiger partial charge >= 0.3 is 7.68 Å². The molecule has 0 aromatic heterocycles. The van der Waals surface area contributed by atoms with Crippen molar-refractivity contribution in [1.82, 2.24) is 0 Å². The second-order valence-electron chi connectivity index (χ2n) is 3.76. The molecule has 0 radical (unpaired) electrons. The molecule has 1 aliphatic carbocycles. The van der Waals surface area contributed by atoms with E-state index < -0.39 is 7.68 Å². The summed E-state index contributed by atoms with van der Waals surface area (Å²) in [6.45, 7) is 2.17. The van der Waals surface area contributed by atoms with Crippen molar-refractivity contribution in [3.8, 4) is 0 Å². The average molecular weight is 208 g/mol. The number of hydrogen-bond acceptors (Lipinski definition) is 2. The van der Waals surface area contributed by atoms with Crippen molar-refractivity contribution in [2.75, 3.05) is 12.8 Å². The molecule has 0 aromatic rings. The molecule has 2 nitrogen and oxygen atoms in total. The van der Waals surface area contributed by atoms with Crippen LogP contribution in [-0.2, 0) is 9.09 Å². The molecule has 0 aliphatic heterocycles. The first-order chi connectivity index (χ1) is 6.14. The van der Waals surface area contributed by atoms with E-state index in [-0.39, 0.29) is 6.16 Å². The summed E-state index contributed by atoms with van der Waals surface area (Å²) in [4.78, 5) is 0. The van der Waals surface area contributed by atoms with Gasteiger partial charge in [-0.1, -0.05) is 19.8 Å². The van der Waals surface area contributed by atoms with Crippen LogP contribution in [0.1, 0.15) is 39.0 Å². The van der Waals surface area contributed by atoms with Crippen molar-refractivity contribution in [2.24, 2.45) is 5.92 Å². The van der Waals surface area contributed by atoms with Gasteiger partial charge in [0.1, 0.15) is 0 Å². The van der Waals surface area contributed by atoms with Crippen LogP contribution in [0.15, 0.2) is 0 Å². The number of rotatable bonds is 5. The molecule has 1 aliphatic rings. The predicted molar refractivity (Wildman–Crippen MR) is 51.8 cm³/mol. The fraction of sp³-hybridized carbons (Fsp3) is 1.00. The summed E-state index contributed by atoms with van der Waals surface area (Å²) in [5.41, 5.74) is 0. The Hall–Kier alpha value is 0.120. The minimum absolute atomic E-state index is 0.0692. The van der Waals surface area contributed by atoms with Crippen LogP contribution in [0.2, 0.25) is 0 Å². The van der Waals surface area contributed by atoms with Crippen LogP contribution >= 0.6 is 7.68 Å². The molecule has 0 spiro atoms. The summed E-state index contributed by atoms with van der Waals surface area (Å²) in [5.74, 6) is 0.445. The lowest BCUT2D eigenvalue weighted by Crippen LogP contribution is -2.03. The number of halogens is 1. The molecule has 0 heterocycles. The zero-order chi connectivity index (χ0) is 9.73. The topological polar surface area (TPSA) is 26.3 Å². The SMILES string of the molecule is CCCP(=O)(F)OCC1CCCC1. The predicted octanol–water partition coefficient (Wildman–Crippen LogP) is 3.77. The van der Waals surface area contributed by atoms with Crippen molar-refractivity contribution >= 4 is 7.68 Å². The highest BCUT2D eigenvalue weighted by Crippen LogP contribution is 2.49. The van der Waals surface area contributed by atoms with Crippen molar-refractivity contribution in [2.45, 2.75) is 39.0 Å². The Morgan fingerprint density at radius 3 is 2.62 bits per heavy atom. The molecule has 1 rings (SSSR count). The van der Waals surface area contributed by atoms with E-state index >= 15 is 0 Å². The molecule has 1 atom stereocenters. The van der Waals surface area contributed by atoms with E-state index in [1.165, 1.54) is 12.8 Å². The highest BCUT2D eigenvalue weighted by molar-refractivity contribution is 7.53. The summed E-state index contributed by atoms with van der Waals surface area (Å²) >= 11 is 0. The van der Waals surface area contributed by atoms with E-state index in [1.54, 1.807) is 0 Å². The Balaban J connectivity index is 2.20. The lowest BCUT2D eigenvalue weighted by Gasteiger charge is -2.12. The van der Waals surface area contributed by atoms with Gasteiger partial charge in [0, 0.05) is 0 Å². The Morgan fingerprint density at radius 2 is 2.08 bits per heavy atom. The third-order valence-corrected chi connectivity index (χ3v) is 3.98. The molecular formula is C9H18FO2P. The standard InChI is InChI=1S/C9H18FO2P/c1-2-7-13(10,11)12-8-9-5-3-4-6-9/h9H,2-8H2,1H3. The Kier molecular flexibility index (Phi) is 4.40. The molecule has 0 amide bonds. The maximum Gasteiger partial charge on any atom is 0.367 e. The largest absolute Gasteiger partial charge is 0.367 e. The molecule has 1 saturated carbocycles. The fourth-order valence-corrected chi connectivity index (χ4v) is 2.82. The Morgan fingerprint density at radius 1 is 1.46 bits per heavy atom. The zero-order valence-corrected chi connectivity index (χ0v) is 9.06. The van der Waals surface area contributed by atoms with Crippen molar-refractivity contribution in [1.29, 1.82) is 0 Å². The van der Waals surface area contributed by atoms with Crippen LogP contribution in [-0.4, -0.2) is 12.8 Å². The molecular weight excluding hydrogens is 190 g/mol. The van der Waals surface area contributed by atoms with Gasteiger partial charge in [0.15, 0.2) is 0 Å². The monoisotopic (exact) mass is 208 g/mol. The van der Waals surface area contributed by atoms with E-state index in [1.807, 2.05) is 6.92 Å². The zero-order valence-electron chi connectivity index (χ0n) is 8.17. The summed E-state index contributed by atoms with van der Waals surface area (Å²) in [7, 11) is -3.74. The number of hydrogen-bond donors (Lipinski definition) is 0. The minimum atomic E-state index is -3.74. The average Bonchev–Trinajstić information content (AvgIpc) is 2.52. The molecule has 0 N–H and O–H groups in total. The first kappa shape index (κ1) is 11.2. The van der Waals surface area contributed by atoms with Crippen LogP contribution in [0.5, 0.6) is 0 Å². The molecule has 0 bridgehead atoms. The Bertz CT molecular complexity index is 190. The van der Waals surface area contributed by atoms with Gasteiger partial charge < -0.3 is 4.52 Å². The van der Waals surface area contributed by atoms with Gasteiger partial charge in [0.05, 0.1) is 12.8 Å². The molecule has 4 heteroatoms. The van der Waals surface area contributed by atoms with Gasteiger partial charge in [-0.2, -0.15) is 4.20 Å². The van der Waals surface area contributed by atoms with Crippen LogP contribution in [0.4, 0.5) is 4.20 Å². The first-order valence-corrected chi connectivity index (χ1v) is 6.77. The fourth-order valence-electron chi connectivity index (χ4n) is 1.73. The van der Waals surface area contributed by atoms with Crippen LogP contribution in [0, 0.1) is 5.92 Å². The van der Waals surface area contributed by atoms with Crippen molar-refractivity contribution in [3.63, 3.8) is 0 Å². The van der Waals surface area contributed by atoms with Crippen LogP contribution < -0.4 is 0 Å². The highest BCUT2D eigenvalue weighted by Gasteiger charge is 2.24. The van der Waals surface area contributed by atoms with E-state index in [0.29, 0.717) is 18.9 Å². The first-order valence-electron chi connectivity index (χ1n) is 5.07. The quantitative estimate of drug-likeness (QED) is 0.643. The van der Waals surface area contributed by atoms with E-state index in [2.05, 4.69) is 0 Å². The molecule has 0 saturated heterocycles. The van der Waals surface area contributed by atoms with E-state index in [4.69, 9.17) is 4.52 Å². The van der Waals surface area contributed by atoms with Gasteiger partial charge in [-0.15, -0.1) is 0 Å². The summed E-state index contributed by atoms with van der Waals surface area (Å²) in [6.07, 6.45) is 5.27. The van der Waals surface area contributed by atoms with Gasteiger partial charge in [-0.25, -0.2) is 0 Å². The second kappa shape index (κ2) is 5.11. The van der Waals surface area contributed by atoms with Gasteiger partial charge in [0.2, 0.25) is 0 Å². The normalized spacial score (nSPS) is 23.2. The molecule has 1 fully saturated rings. The lowest BCUT2D eigenvalue weighted by atomic mass is 10.1. The van der Waals surface area contributed by atoms with Crippen LogP contribution in [0.25, 0.3) is 0 Å². The third-order valence-electron chi connectivity index (χ3n) is 2.47. The maximum absolute atomic E-state index is 13.1. The van der Waals surface area contributed by atoms with Gasteiger partial charge in [0.25, 0.3) is 0 Å². The van der Waals surface area contributed by atoms with Crippen LogP contribution in [0.3, 0.4) is 0 Å². The smallest absolute Gasteiger partial charge is 0.305 e. The maximum atomic E-state index is 13.1. The highest BCUT2D eigenvalue weighted by atomic mass is 31.2. The lowest BCUT2D eigenvalue weighted by molar-refractivity contribution is 0.234. The molecule has 1 unspecified atom stereocenters. The molecule has 13 heavy (non-hydrogen) atoms. The molecule has 0 aromatic carbocycles. The van der Waals surface area contributed by atoms with E-state index in [0.717, 1.165) is 12.8 Å². The molecule has 78 valence electrons. The summed E-state index contributed by atoms with van der Waals surface area (Å²) in [6, 6.07) is 0. The van der Waals surface area contributed by atoms with Crippen molar-refractivity contribution < 1.29 is 13.3 Å². The Labute approximate surface area is 79.4 Å². The van der Waals surface area contributed by atoms with Gasteiger partial charge in [-0.05, 0) is 25.2 Å². The second-order valence-corrected chi connectivity index (χ2v) is 5.65.